The summed E-state index contributed by atoms with van der Waals surface area (Å²) in [5.41, 5.74) is 1.23. The van der Waals surface area contributed by atoms with Crippen LogP contribution in [0.2, 0.25) is 0 Å². The molecule has 0 spiro atoms. The van der Waals surface area contributed by atoms with E-state index in [2.05, 4.69) is 30.2 Å². The lowest BCUT2D eigenvalue weighted by atomic mass is 10.0. The molecule has 1 unspecified atom stereocenters. The van der Waals surface area contributed by atoms with Gasteiger partial charge in [0, 0.05) is 31.1 Å². The van der Waals surface area contributed by atoms with Crippen LogP contribution in [-0.4, -0.2) is 22.7 Å². The lowest BCUT2D eigenvalue weighted by Crippen LogP contribution is -2.31. The average molecular weight is 222 g/mol. The molecule has 90 valence electrons. The average Bonchev–Trinajstić information content (AvgIpc) is 2.30. The van der Waals surface area contributed by atoms with Crippen LogP contribution >= 0.6 is 0 Å². The number of hydrogen-bond acceptors (Lipinski definition) is 3. The summed E-state index contributed by atoms with van der Waals surface area (Å²) in [5, 5.41) is 12.4. The van der Waals surface area contributed by atoms with E-state index >= 15 is 0 Å². The van der Waals surface area contributed by atoms with Crippen molar-refractivity contribution in [3.05, 3.63) is 30.1 Å². The molecule has 3 nitrogen and oxygen atoms in total. The third-order valence-electron chi connectivity index (χ3n) is 2.71. The second-order valence-corrected chi connectivity index (χ2v) is 4.21. The number of nitrogens with one attached hydrogen (secondary N) is 1. The second-order valence-electron chi connectivity index (χ2n) is 4.21. The molecule has 1 aromatic heterocycles. The number of aliphatic hydroxyl groups excluding tert-OH is 1. The standard InChI is InChI=1S/C13H22N2O/c1-3-5-13(15-11(2)7-9-16)12-6-4-8-14-10-12/h4,6,8,10-11,13,15-16H,3,5,7,9H2,1-2H3/t11-,13?/m1/s1. The predicted octanol–water partition coefficient (Wildman–Crippen LogP) is 2.28. The molecule has 1 rings (SSSR count). The van der Waals surface area contributed by atoms with Crippen LogP contribution in [0, 0.1) is 0 Å². The van der Waals surface area contributed by atoms with E-state index in [9.17, 15) is 0 Å². The van der Waals surface area contributed by atoms with Gasteiger partial charge < -0.3 is 10.4 Å². The first-order chi connectivity index (χ1) is 7.77. The fourth-order valence-corrected chi connectivity index (χ4v) is 1.84. The quantitative estimate of drug-likeness (QED) is 0.744. The van der Waals surface area contributed by atoms with E-state index in [1.54, 1.807) is 6.20 Å². The molecule has 0 aliphatic carbocycles. The molecular formula is C13H22N2O. The zero-order chi connectivity index (χ0) is 11.8. The van der Waals surface area contributed by atoms with E-state index in [0.29, 0.717) is 12.1 Å². The SMILES string of the molecule is CCCC(N[C@H](C)CCO)c1cccnc1. The van der Waals surface area contributed by atoms with Gasteiger partial charge in [-0.2, -0.15) is 0 Å². The van der Waals surface area contributed by atoms with E-state index in [1.807, 2.05) is 12.3 Å². The Morgan fingerprint density at radius 2 is 2.25 bits per heavy atom. The van der Waals surface area contributed by atoms with Crippen molar-refractivity contribution in [2.24, 2.45) is 0 Å². The molecule has 0 bridgehead atoms. The summed E-state index contributed by atoms with van der Waals surface area (Å²) in [6.07, 6.45) is 6.74. The third kappa shape index (κ3) is 4.29. The van der Waals surface area contributed by atoms with Gasteiger partial charge in [0.1, 0.15) is 0 Å². The Balaban J connectivity index is 2.60. The van der Waals surface area contributed by atoms with Gasteiger partial charge in [-0.15, -0.1) is 0 Å². The van der Waals surface area contributed by atoms with E-state index < -0.39 is 0 Å². The Hall–Kier alpha value is -0.930. The minimum absolute atomic E-state index is 0.236. The Morgan fingerprint density at radius 1 is 1.44 bits per heavy atom. The third-order valence-corrected chi connectivity index (χ3v) is 2.71. The van der Waals surface area contributed by atoms with Crippen molar-refractivity contribution in [2.45, 2.75) is 45.2 Å². The second kappa shape index (κ2) is 7.36. The monoisotopic (exact) mass is 222 g/mol. The fraction of sp³-hybridized carbons (Fsp3) is 0.615. The maximum absolute atomic E-state index is 8.90. The van der Waals surface area contributed by atoms with Crippen LogP contribution in [0.25, 0.3) is 0 Å². The minimum atomic E-state index is 0.236. The molecule has 1 aromatic rings. The molecule has 0 saturated carbocycles. The van der Waals surface area contributed by atoms with E-state index in [-0.39, 0.29) is 6.61 Å². The molecule has 16 heavy (non-hydrogen) atoms. The zero-order valence-electron chi connectivity index (χ0n) is 10.2. The molecule has 2 N–H and O–H groups in total. The summed E-state index contributed by atoms with van der Waals surface area (Å²) in [7, 11) is 0. The van der Waals surface area contributed by atoms with Crippen LogP contribution in [0.3, 0.4) is 0 Å². The summed E-state index contributed by atoms with van der Waals surface area (Å²) in [4.78, 5) is 4.15. The van der Waals surface area contributed by atoms with Crippen LogP contribution in [-0.2, 0) is 0 Å². The zero-order valence-corrected chi connectivity index (χ0v) is 10.2. The summed E-state index contributed by atoms with van der Waals surface area (Å²) >= 11 is 0. The van der Waals surface area contributed by atoms with Gasteiger partial charge in [-0.1, -0.05) is 19.4 Å². The number of hydrogen-bond donors (Lipinski definition) is 2. The molecule has 0 saturated heterocycles. The van der Waals surface area contributed by atoms with Crippen molar-refractivity contribution in [1.29, 1.82) is 0 Å². The highest BCUT2D eigenvalue weighted by molar-refractivity contribution is 5.13. The number of pyridine rings is 1. The number of aliphatic hydroxyl groups is 1. The molecule has 0 aliphatic heterocycles. The predicted molar refractivity (Wildman–Crippen MR) is 66.2 cm³/mol. The highest BCUT2D eigenvalue weighted by Gasteiger charge is 2.12. The van der Waals surface area contributed by atoms with E-state index in [4.69, 9.17) is 5.11 Å². The molecular weight excluding hydrogens is 200 g/mol. The van der Waals surface area contributed by atoms with Crippen LogP contribution in [0.5, 0.6) is 0 Å². The van der Waals surface area contributed by atoms with Crippen molar-refractivity contribution < 1.29 is 5.11 Å². The first-order valence-electron chi connectivity index (χ1n) is 6.04. The lowest BCUT2D eigenvalue weighted by Gasteiger charge is -2.22. The van der Waals surface area contributed by atoms with Gasteiger partial charge in [-0.25, -0.2) is 0 Å². The highest BCUT2D eigenvalue weighted by Crippen LogP contribution is 2.18. The Labute approximate surface area is 97.9 Å². The van der Waals surface area contributed by atoms with E-state index in [0.717, 1.165) is 19.3 Å². The topological polar surface area (TPSA) is 45.1 Å². The molecule has 0 aliphatic rings. The summed E-state index contributed by atoms with van der Waals surface area (Å²) in [6.45, 7) is 4.52. The van der Waals surface area contributed by atoms with Gasteiger partial charge in [0.2, 0.25) is 0 Å². The van der Waals surface area contributed by atoms with Gasteiger partial charge >= 0.3 is 0 Å². The molecule has 2 atom stereocenters. The first kappa shape index (κ1) is 13.1. The summed E-state index contributed by atoms with van der Waals surface area (Å²) < 4.78 is 0. The van der Waals surface area contributed by atoms with Crippen molar-refractivity contribution in [1.82, 2.24) is 10.3 Å². The minimum Gasteiger partial charge on any atom is -0.396 e. The van der Waals surface area contributed by atoms with Gasteiger partial charge in [0.25, 0.3) is 0 Å². The van der Waals surface area contributed by atoms with Gasteiger partial charge in [0.15, 0.2) is 0 Å². The largest absolute Gasteiger partial charge is 0.396 e. The van der Waals surface area contributed by atoms with Gasteiger partial charge in [-0.3, -0.25) is 4.98 Å². The summed E-state index contributed by atoms with van der Waals surface area (Å²) in [5.74, 6) is 0. The van der Waals surface area contributed by atoms with E-state index in [1.165, 1.54) is 5.56 Å². The van der Waals surface area contributed by atoms with Gasteiger partial charge in [0.05, 0.1) is 0 Å². The van der Waals surface area contributed by atoms with Crippen molar-refractivity contribution in [3.8, 4) is 0 Å². The van der Waals surface area contributed by atoms with Crippen molar-refractivity contribution in [3.63, 3.8) is 0 Å². The van der Waals surface area contributed by atoms with Gasteiger partial charge in [-0.05, 0) is 31.4 Å². The van der Waals surface area contributed by atoms with Crippen LogP contribution in [0.1, 0.15) is 44.7 Å². The molecule has 0 radical (unpaired) electrons. The van der Waals surface area contributed by atoms with Crippen LogP contribution in [0.4, 0.5) is 0 Å². The summed E-state index contributed by atoms with van der Waals surface area (Å²) in [6, 6.07) is 4.75. The number of rotatable bonds is 7. The number of aromatic nitrogens is 1. The normalized spacial score (nSPS) is 14.7. The number of nitrogens with zero attached hydrogens (tertiary/aromatic N) is 1. The first-order valence-corrected chi connectivity index (χ1v) is 6.04. The maximum Gasteiger partial charge on any atom is 0.0445 e. The molecule has 0 amide bonds. The Bertz CT molecular complexity index is 277. The van der Waals surface area contributed by atoms with Crippen LogP contribution in [0.15, 0.2) is 24.5 Å². The van der Waals surface area contributed by atoms with Crippen LogP contribution < -0.4 is 5.32 Å². The Kier molecular flexibility index (Phi) is 6.04. The maximum atomic E-state index is 8.90. The smallest absolute Gasteiger partial charge is 0.0445 e. The Morgan fingerprint density at radius 3 is 2.81 bits per heavy atom. The van der Waals surface area contributed by atoms with Crippen molar-refractivity contribution >= 4 is 0 Å². The lowest BCUT2D eigenvalue weighted by molar-refractivity contribution is 0.261. The molecule has 3 heteroatoms. The fourth-order valence-electron chi connectivity index (χ4n) is 1.84. The highest BCUT2D eigenvalue weighted by atomic mass is 16.3. The molecule has 1 heterocycles. The van der Waals surface area contributed by atoms with Crippen molar-refractivity contribution in [2.75, 3.05) is 6.61 Å². The molecule has 0 aromatic carbocycles. The molecule has 0 fully saturated rings.